The lowest BCUT2D eigenvalue weighted by atomic mass is 9.98. The molecule has 2 saturated heterocycles. The van der Waals surface area contributed by atoms with E-state index >= 15 is 0 Å². The Morgan fingerprint density at radius 3 is 3.05 bits per heavy atom. The zero-order chi connectivity index (χ0) is 13.8. The molecule has 1 aromatic rings. The smallest absolute Gasteiger partial charge is 0.137 e. The Balaban J connectivity index is 1.37. The van der Waals surface area contributed by atoms with Crippen molar-refractivity contribution in [3.8, 4) is 5.75 Å². The summed E-state index contributed by atoms with van der Waals surface area (Å²) in [5.74, 6) is 0.779. The van der Waals surface area contributed by atoms with Crippen LogP contribution in [0.1, 0.15) is 25.7 Å². The first kappa shape index (κ1) is 14.2. The van der Waals surface area contributed by atoms with Gasteiger partial charge in [-0.3, -0.25) is 0 Å². The van der Waals surface area contributed by atoms with Gasteiger partial charge in [0.25, 0.3) is 0 Å². The molecule has 0 amide bonds. The second kappa shape index (κ2) is 6.79. The van der Waals surface area contributed by atoms with Crippen molar-refractivity contribution in [3.05, 3.63) is 29.3 Å². The highest BCUT2D eigenvalue weighted by Gasteiger charge is 2.31. The third-order valence-electron chi connectivity index (χ3n) is 4.45. The minimum absolute atomic E-state index is 0.657. The molecular formula is C16H23ClN2O. The molecule has 1 N–H and O–H groups in total. The Morgan fingerprint density at radius 2 is 2.15 bits per heavy atom. The zero-order valence-electron chi connectivity index (χ0n) is 11.9. The second-order valence-corrected chi connectivity index (χ2v) is 6.19. The zero-order valence-corrected chi connectivity index (χ0v) is 12.6. The summed E-state index contributed by atoms with van der Waals surface area (Å²) >= 11 is 6.06. The number of fused-ring (bicyclic) bond motifs is 1. The van der Waals surface area contributed by atoms with Gasteiger partial charge in [0.1, 0.15) is 12.4 Å². The summed E-state index contributed by atoms with van der Waals surface area (Å²) in [6.45, 7) is 4.14. The number of rotatable bonds is 5. The van der Waals surface area contributed by atoms with Crippen LogP contribution in [0.4, 0.5) is 0 Å². The average Bonchev–Trinajstić information content (AvgIpc) is 2.93. The van der Waals surface area contributed by atoms with Crippen LogP contribution in [0.3, 0.4) is 0 Å². The molecule has 2 fully saturated rings. The van der Waals surface area contributed by atoms with Gasteiger partial charge in [-0.05, 0) is 50.9 Å². The van der Waals surface area contributed by atoms with E-state index in [2.05, 4.69) is 10.2 Å². The molecular weight excluding hydrogens is 272 g/mol. The standard InChI is InChI=1S/C16H23ClN2O/c17-15-5-1-2-6-16(15)20-11-8-18-13-7-10-19-9-3-4-14(19)12-13/h1-2,5-6,13-14,18H,3-4,7-12H2. The highest BCUT2D eigenvalue weighted by molar-refractivity contribution is 6.32. The fourth-order valence-corrected chi connectivity index (χ4v) is 3.59. The third-order valence-corrected chi connectivity index (χ3v) is 4.76. The number of hydrogen-bond donors (Lipinski definition) is 1. The first-order valence-corrected chi connectivity index (χ1v) is 8.05. The molecule has 110 valence electrons. The Hall–Kier alpha value is -0.770. The van der Waals surface area contributed by atoms with Gasteiger partial charge < -0.3 is 15.0 Å². The molecule has 0 spiro atoms. The van der Waals surface area contributed by atoms with Gasteiger partial charge in [-0.2, -0.15) is 0 Å². The molecule has 0 aromatic heterocycles. The van der Waals surface area contributed by atoms with Gasteiger partial charge in [-0.1, -0.05) is 23.7 Å². The van der Waals surface area contributed by atoms with E-state index in [1.54, 1.807) is 0 Å². The minimum atomic E-state index is 0.657. The molecule has 0 radical (unpaired) electrons. The molecule has 2 heterocycles. The number of benzene rings is 1. The van der Waals surface area contributed by atoms with E-state index in [9.17, 15) is 0 Å². The molecule has 20 heavy (non-hydrogen) atoms. The van der Waals surface area contributed by atoms with Crippen LogP contribution in [-0.2, 0) is 0 Å². The fourth-order valence-electron chi connectivity index (χ4n) is 3.40. The lowest BCUT2D eigenvalue weighted by Crippen LogP contribution is -2.46. The van der Waals surface area contributed by atoms with Crippen LogP contribution in [-0.4, -0.2) is 43.2 Å². The Kier molecular flexibility index (Phi) is 4.81. The molecule has 2 aliphatic rings. The maximum atomic E-state index is 6.06. The maximum Gasteiger partial charge on any atom is 0.137 e. The molecule has 0 saturated carbocycles. The maximum absolute atomic E-state index is 6.06. The second-order valence-electron chi connectivity index (χ2n) is 5.79. The molecule has 2 unspecified atom stereocenters. The SMILES string of the molecule is Clc1ccccc1OCCNC1CCN2CCCC2C1. The number of hydrogen-bond acceptors (Lipinski definition) is 3. The largest absolute Gasteiger partial charge is 0.491 e. The quantitative estimate of drug-likeness (QED) is 0.845. The Labute approximate surface area is 126 Å². The van der Waals surface area contributed by atoms with Crippen LogP contribution >= 0.6 is 11.6 Å². The van der Waals surface area contributed by atoms with Crippen molar-refractivity contribution in [3.63, 3.8) is 0 Å². The highest BCUT2D eigenvalue weighted by atomic mass is 35.5. The molecule has 3 nitrogen and oxygen atoms in total. The van der Waals surface area contributed by atoms with Crippen molar-refractivity contribution < 1.29 is 4.74 Å². The number of ether oxygens (including phenoxy) is 1. The summed E-state index contributed by atoms with van der Waals surface area (Å²) in [5.41, 5.74) is 0. The van der Waals surface area contributed by atoms with E-state index in [1.807, 2.05) is 24.3 Å². The molecule has 0 aliphatic carbocycles. The predicted molar refractivity (Wildman–Crippen MR) is 82.6 cm³/mol. The van der Waals surface area contributed by atoms with Crippen molar-refractivity contribution in [2.75, 3.05) is 26.2 Å². The van der Waals surface area contributed by atoms with Gasteiger partial charge in [0.05, 0.1) is 5.02 Å². The van der Waals surface area contributed by atoms with Crippen LogP contribution in [0.2, 0.25) is 5.02 Å². The molecule has 3 rings (SSSR count). The van der Waals surface area contributed by atoms with E-state index in [-0.39, 0.29) is 0 Å². The fraction of sp³-hybridized carbons (Fsp3) is 0.625. The molecule has 0 bridgehead atoms. The van der Waals surface area contributed by atoms with Gasteiger partial charge in [0.15, 0.2) is 0 Å². The number of para-hydroxylation sites is 1. The summed E-state index contributed by atoms with van der Waals surface area (Å²) in [6.07, 6.45) is 5.33. The van der Waals surface area contributed by atoms with E-state index in [0.29, 0.717) is 17.7 Å². The first-order chi connectivity index (χ1) is 9.83. The topological polar surface area (TPSA) is 24.5 Å². The van der Waals surface area contributed by atoms with E-state index < -0.39 is 0 Å². The van der Waals surface area contributed by atoms with Crippen LogP contribution in [0.5, 0.6) is 5.75 Å². The summed E-state index contributed by atoms with van der Waals surface area (Å²) in [6, 6.07) is 9.13. The van der Waals surface area contributed by atoms with Crippen LogP contribution < -0.4 is 10.1 Å². The van der Waals surface area contributed by atoms with E-state index in [0.717, 1.165) is 18.3 Å². The number of nitrogens with zero attached hydrogens (tertiary/aromatic N) is 1. The summed E-state index contributed by atoms with van der Waals surface area (Å²) in [5, 5.41) is 4.32. The third kappa shape index (κ3) is 3.46. The number of piperidine rings is 1. The van der Waals surface area contributed by atoms with Gasteiger partial charge in [-0.25, -0.2) is 0 Å². The van der Waals surface area contributed by atoms with Crippen molar-refractivity contribution in [2.45, 2.75) is 37.8 Å². The van der Waals surface area contributed by atoms with Crippen molar-refractivity contribution in [1.29, 1.82) is 0 Å². The Bertz CT molecular complexity index is 440. The lowest BCUT2D eigenvalue weighted by Gasteiger charge is -2.35. The molecule has 4 heteroatoms. The molecule has 1 aromatic carbocycles. The number of nitrogens with one attached hydrogen (secondary N) is 1. The lowest BCUT2D eigenvalue weighted by molar-refractivity contribution is 0.163. The summed E-state index contributed by atoms with van der Waals surface area (Å²) < 4.78 is 5.71. The van der Waals surface area contributed by atoms with Gasteiger partial charge >= 0.3 is 0 Å². The van der Waals surface area contributed by atoms with Crippen molar-refractivity contribution in [1.82, 2.24) is 10.2 Å². The normalized spacial score (nSPS) is 26.4. The molecule has 2 atom stereocenters. The Morgan fingerprint density at radius 1 is 1.25 bits per heavy atom. The minimum Gasteiger partial charge on any atom is -0.491 e. The van der Waals surface area contributed by atoms with Crippen LogP contribution in [0, 0.1) is 0 Å². The summed E-state index contributed by atoms with van der Waals surface area (Å²) in [4.78, 5) is 2.65. The highest BCUT2D eigenvalue weighted by Crippen LogP contribution is 2.27. The van der Waals surface area contributed by atoms with Gasteiger partial charge in [-0.15, -0.1) is 0 Å². The van der Waals surface area contributed by atoms with E-state index in [4.69, 9.17) is 16.3 Å². The van der Waals surface area contributed by atoms with E-state index in [1.165, 1.54) is 38.8 Å². The average molecular weight is 295 g/mol. The van der Waals surface area contributed by atoms with Crippen molar-refractivity contribution in [2.24, 2.45) is 0 Å². The molecule has 2 aliphatic heterocycles. The van der Waals surface area contributed by atoms with Gasteiger partial charge in [0, 0.05) is 18.6 Å². The number of halogens is 1. The first-order valence-electron chi connectivity index (χ1n) is 7.68. The van der Waals surface area contributed by atoms with Crippen LogP contribution in [0.25, 0.3) is 0 Å². The van der Waals surface area contributed by atoms with Crippen molar-refractivity contribution >= 4 is 11.6 Å². The van der Waals surface area contributed by atoms with Gasteiger partial charge in [0.2, 0.25) is 0 Å². The predicted octanol–water partition coefficient (Wildman–Crippen LogP) is 2.94. The summed E-state index contributed by atoms with van der Waals surface area (Å²) in [7, 11) is 0. The van der Waals surface area contributed by atoms with Crippen LogP contribution in [0.15, 0.2) is 24.3 Å². The monoisotopic (exact) mass is 294 g/mol.